The lowest BCUT2D eigenvalue weighted by Gasteiger charge is -2.14. The molecule has 0 bridgehead atoms. The third kappa shape index (κ3) is 5.52. The number of fused-ring (bicyclic) bond motifs is 1. The number of pyridine rings is 1. The second-order valence-corrected chi connectivity index (χ2v) is 12.1. The second kappa shape index (κ2) is 11.6. The molecule has 0 radical (unpaired) electrons. The van der Waals surface area contributed by atoms with Crippen LogP contribution in [-0.4, -0.2) is 59.0 Å². The minimum atomic E-state index is -4.35. The van der Waals surface area contributed by atoms with Gasteiger partial charge >= 0.3 is 5.97 Å². The van der Waals surface area contributed by atoms with Crippen LogP contribution in [0.1, 0.15) is 28.8 Å². The number of aryl methyl sites for hydroxylation is 2. The summed E-state index contributed by atoms with van der Waals surface area (Å²) in [5.74, 6) is 0.289. The Labute approximate surface area is 234 Å². The van der Waals surface area contributed by atoms with Gasteiger partial charge in [0.05, 0.1) is 59.5 Å². The number of carboxylic acid groups (broad SMARTS) is 1. The van der Waals surface area contributed by atoms with E-state index in [4.69, 9.17) is 19.3 Å². The van der Waals surface area contributed by atoms with E-state index in [9.17, 15) is 17.4 Å². The predicted molar refractivity (Wildman–Crippen MR) is 148 cm³/mol. The molecule has 2 heterocycles. The Balaban J connectivity index is 1.88. The van der Waals surface area contributed by atoms with E-state index in [0.29, 0.717) is 34.1 Å². The number of carbonyl (C=O) groups is 1. The van der Waals surface area contributed by atoms with Gasteiger partial charge in [0, 0.05) is 29.8 Å². The molecule has 11 nitrogen and oxygen atoms in total. The lowest BCUT2D eigenvalue weighted by molar-refractivity contribution is -0.136. The topological polar surface area (TPSA) is 147 Å². The molecule has 1 N–H and O–H groups in total. The summed E-state index contributed by atoms with van der Waals surface area (Å²) in [6.45, 7) is 3.64. The predicted octanol–water partition coefficient (Wildman–Crippen LogP) is 3.64. The minimum Gasteiger partial charge on any atom is -0.497 e. The number of carboxylic acids is 1. The summed E-state index contributed by atoms with van der Waals surface area (Å²) in [5.41, 5.74) is 2.88. The molecule has 1 unspecified atom stereocenters. The first-order valence-electron chi connectivity index (χ1n) is 12.1. The summed E-state index contributed by atoms with van der Waals surface area (Å²) in [6, 6.07) is 8.88. The van der Waals surface area contributed by atoms with Crippen LogP contribution in [0.25, 0.3) is 11.0 Å². The quantitative estimate of drug-likeness (QED) is 0.276. The molecule has 40 heavy (non-hydrogen) atoms. The van der Waals surface area contributed by atoms with E-state index < -0.39 is 26.8 Å². The van der Waals surface area contributed by atoms with E-state index in [1.807, 2.05) is 6.92 Å². The van der Waals surface area contributed by atoms with Gasteiger partial charge in [-0.15, -0.1) is 0 Å². The van der Waals surface area contributed by atoms with Crippen molar-refractivity contribution in [3.05, 3.63) is 65.0 Å². The van der Waals surface area contributed by atoms with Crippen molar-refractivity contribution in [2.24, 2.45) is 0 Å². The number of rotatable bonds is 11. The SMILES string of the molecule is COc1ccc2c(c1)nc(S(=O)Cc1ncc(C)c(OC)c1C)n2S(=O)(=O)c1ccc(OC)c(CCC(=O)O)c1. The number of nitrogens with zero attached hydrogens (tertiary/aromatic N) is 3. The van der Waals surface area contributed by atoms with Crippen LogP contribution in [0.4, 0.5) is 0 Å². The third-order valence-electron chi connectivity index (χ3n) is 6.41. The van der Waals surface area contributed by atoms with Crippen molar-refractivity contribution in [3.63, 3.8) is 0 Å². The molecular formula is C27H29N3O8S2. The maximum atomic E-state index is 14.1. The molecule has 13 heteroatoms. The van der Waals surface area contributed by atoms with Crippen LogP contribution in [0.15, 0.2) is 52.6 Å². The Kier molecular flexibility index (Phi) is 8.45. The molecular weight excluding hydrogens is 558 g/mol. The van der Waals surface area contributed by atoms with Crippen LogP contribution in [-0.2, 0) is 37.8 Å². The first kappa shape index (κ1) is 29.0. The van der Waals surface area contributed by atoms with Crippen molar-refractivity contribution < 1.29 is 36.7 Å². The lowest BCUT2D eigenvalue weighted by Crippen LogP contribution is -2.18. The van der Waals surface area contributed by atoms with E-state index in [1.54, 1.807) is 25.3 Å². The van der Waals surface area contributed by atoms with Crippen molar-refractivity contribution >= 4 is 37.8 Å². The van der Waals surface area contributed by atoms with Gasteiger partial charge in [-0.3, -0.25) is 14.0 Å². The maximum absolute atomic E-state index is 14.1. The molecule has 212 valence electrons. The molecule has 1 atom stereocenters. The normalized spacial score (nSPS) is 12.3. The number of hydrogen-bond acceptors (Lipinski definition) is 9. The zero-order valence-electron chi connectivity index (χ0n) is 22.6. The fraction of sp³-hybridized carbons (Fsp3) is 0.296. The van der Waals surface area contributed by atoms with E-state index in [0.717, 1.165) is 9.54 Å². The number of aliphatic carboxylic acids is 1. The molecule has 0 aliphatic carbocycles. The number of imidazole rings is 1. The number of methoxy groups -OCH3 is 3. The van der Waals surface area contributed by atoms with Crippen molar-refractivity contribution in [3.8, 4) is 17.2 Å². The van der Waals surface area contributed by atoms with Gasteiger partial charge in [-0.1, -0.05) is 0 Å². The fourth-order valence-electron chi connectivity index (χ4n) is 4.38. The van der Waals surface area contributed by atoms with Gasteiger partial charge in [0.1, 0.15) is 17.2 Å². The molecule has 0 saturated carbocycles. The minimum absolute atomic E-state index is 0.0583. The van der Waals surface area contributed by atoms with Crippen molar-refractivity contribution in [2.75, 3.05) is 21.3 Å². The van der Waals surface area contributed by atoms with Crippen LogP contribution in [0.3, 0.4) is 0 Å². The highest BCUT2D eigenvalue weighted by Crippen LogP contribution is 2.32. The van der Waals surface area contributed by atoms with Crippen molar-refractivity contribution in [2.45, 2.75) is 42.5 Å². The highest BCUT2D eigenvalue weighted by Gasteiger charge is 2.29. The van der Waals surface area contributed by atoms with Gasteiger partial charge in [-0.05, 0) is 56.2 Å². The van der Waals surface area contributed by atoms with E-state index >= 15 is 0 Å². The summed E-state index contributed by atoms with van der Waals surface area (Å²) >= 11 is 0. The van der Waals surface area contributed by atoms with E-state index in [1.165, 1.54) is 45.6 Å². The molecule has 4 aromatic rings. The summed E-state index contributed by atoms with van der Waals surface area (Å²) in [6.07, 6.45) is 1.46. The maximum Gasteiger partial charge on any atom is 0.303 e. The fourth-order valence-corrected chi connectivity index (χ4v) is 7.48. The van der Waals surface area contributed by atoms with Gasteiger partial charge in [0.25, 0.3) is 10.0 Å². The van der Waals surface area contributed by atoms with Crippen molar-refractivity contribution in [1.29, 1.82) is 0 Å². The molecule has 0 saturated heterocycles. The Bertz CT molecular complexity index is 1730. The largest absolute Gasteiger partial charge is 0.497 e. The Morgan fingerprint density at radius 2 is 1.80 bits per heavy atom. The third-order valence-corrected chi connectivity index (χ3v) is 9.44. The summed E-state index contributed by atoms with van der Waals surface area (Å²) in [4.78, 5) is 19.9. The Morgan fingerprint density at radius 1 is 1.05 bits per heavy atom. The monoisotopic (exact) mass is 587 g/mol. The second-order valence-electron chi connectivity index (χ2n) is 8.92. The first-order valence-corrected chi connectivity index (χ1v) is 14.9. The number of benzene rings is 2. The van der Waals surface area contributed by atoms with Crippen molar-refractivity contribution in [1.82, 2.24) is 13.9 Å². The molecule has 0 aliphatic rings. The van der Waals surface area contributed by atoms with Crippen LogP contribution < -0.4 is 14.2 Å². The lowest BCUT2D eigenvalue weighted by atomic mass is 10.1. The van der Waals surface area contributed by atoms with E-state index in [-0.39, 0.29) is 39.7 Å². The summed E-state index contributed by atoms with van der Waals surface area (Å²) in [7, 11) is -1.87. The van der Waals surface area contributed by atoms with Gasteiger partial charge < -0.3 is 19.3 Å². The average Bonchev–Trinajstić information content (AvgIpc) is 3.33. The molecule has 2 aromatic heterocycles. The molecule has 2 aromatic carbocycles. The molecule has 4 rings (SSSR count). The molecule has 0 amide bonds. The first-order chi connectivity index (χ1) is 19.0. The standard InChI is InChI=1S/C27H29N3O8S2/c1-16-14-28-22(17(2)26(16)38-5)15-39(33)27-29-21-13-19(36-3)7-9-23(21)30(27)40(34,35)20-8-10-24(37-4)18(12-20)6-11-25(31)32/h7-10,12-14H,6,11,15H2,1-5H3,(H,31,32). The van der Waals surface area contributed by atoms with Gasteiger partial charge in [0.15, 0.2) is 0 Å². The van der Waals surface area contributed by atoms with Crippen LogP contribution >= 0.6 is 0 Å². The van der Waals surface area contributed by atoms with Gasteiger partial charge in [-0.2, -0.15) is 0 Å². The molecule has 0 spiro atoms. The Hall–Kier alpha value is -3.97. The number of ether oxygens (including phenoxy) is 3. The Morgan fingerprint density at radius 3 is 2.45 bits per heavy atom. The van der Waals surface area contributed by atoms with E-state index in [2.05, 4.69) is 9.97 Å². The van der Waals surface area contributed by atoms with Crippen LogP contribution in [0.2, 0.25) is 0 Å². The zero-order chi connectivity index (χ0) is 29.2. The van der Waals surface area contributed by atoms with Gasteiger partial charge in [0.2, 0.25) is 5.16 Å². The number of aromatic nitrogens is 3. The average molecular weight is 588 g/mol. The number of hydrogen-bond donors (Lipinski definition) is 1. The summed E-state index contributed by atoms with van der Waals surface area (Å²) < 4.78 is 59.0. The van der Waals surface area contributed by atoms with Crippen LogP contribution in [0.5, 0.6) is 17.2 Å². The molecule has 0 aliphatic heterocycles. The zero-order valence-corrected chi connectivity index (χ0v) is 24.3. The van der Waals surface area contributed by atoms with Gasteiger partial charge in [-0.25, -0.2) is 17.4 Å². The highest BCUT2D eigenvalue weighted by atomic mass is 32.2. The highest BCUT2D eigenvalue weighted by molar-refractivity contribution is 7.91. The molecule has 0 fully saturated rings. The van der Waals surface area contributed by atoms with Crippen LogP contribution in [0, 0.1) is 13.8 Å². The smallest absolute Gasteiger partial charge is 0.303 e. The summed E-state index contributed by atoms with van der Waals surface area (Å²) in [5, 5.41) is 8.95.